The molecule has 0 radical (unpaired) electrons. The number of guanidine groups is 1. The Morgan fingerprint density at radius 1 is 0.935 bits per heavy atom. The fourth-order valence-corrected chi connectivity index (χ4v) is 3.50. The van der Waals surface area contributed by atoms with Crippen molar-refractivity contribution in [3.8, 4) is 0 Å². The molecule has 0 aliphatic rings. The van der Waals surface area contributed by atoms with Gasteiger partial charge >= 0.3 is 0 Å². The maximum atomic E-state index is 12.1. The highest BCUT2D eigenvalue weighted by atomic mass is 127. The second-order valence-electron chi connectivity index (χ2n) is 6.87. The fourth-order valence-electron chi connectivity index (χ4n) is 2.59. The van der Waals surface area contributed by atoms with Crippen LogP contribution in [0.2, 0.25) is 0 Å². The first-order valence-corrected chi connectivity index (χ1v) is 11.2. The summed E-state index contributed by atoms with van der Waals surface area (Å²) in [7, 11) is 1.65. The van der Waals surface area contributed by atoms with E-state index in [0.29, 0.717) is 18.1 Å². The fraction of sp³-hybridized carbons (Fsp3) is 0.333. The van der Waals surface area contributed by atoms with Crippen molar-refractivity contribution in [1.82, 2.24) is 20.3 Å². The largest absolute Gasteiger partial charge is 0.355 e. The molecule has 10 heteroatoms. The summed E-state index contributed by atoms with van der Waals surface area (Å²) < 4.78 is 26.9. The van der Waals surface area contributed by atoms with Crippen molar-refractivity contribution in [3.63, 3.8) is 0 Å². The monoisotopic (exact) mass is 559 g/mol. The van der Waals surface area contributed by atoms with Crippen LogP contribution >= 0.6 is 24.0 Å². The smallest absolute Gasteiger partial charge is 0.253 e. The molecule has 2 aromatic rings. The predicted molar refractivity (Wildman–Crippen MR) is 135 cm³/mol. The van der Waals surface area contributed by atoms with E-state index in [9.17, 15) is 13.2 Å². The van der Waals surface area contributed by atoms with E-state index in [0.717, 1.165) is 11.1 Å². The molecule has 0 bridgehead atoms. The van der Waals surface area contributed by atoms with Crippen LogP contribution in [0, 0.1) is 0 Å². The van der Waals surface area contributed by atoms with E-state index in [2.05, 4.69) is 20.3 Å². The van der Waals surface area contributed by atoms with Crippen LogP contribution in [0.5, 0.6) is 0 Å². The van der Waals surface area contributed by atoms with Crippen molar-refractivity contribution in [2.75, 3.05) is 33.4 Å². The second-order valence-corrected chi connectivity index (χ2v) is 8.80. The lowest BCUT2D eigenvalue weighted by Gasteiger charge is -2.13. The summed E-state index contributed by atoms with van der Waals surface area (Å²) in [4.78, 5) is 17.6. The van der Waals surface area contributed by atoms with Crippen LogP contribution in [0.1, 0.15) is 21.5 Å². The van der Waals surface area contributed by atoms with Crippen LogP contribution in [-0.2, 0) is 23.1 Å². The first-order valence-electron chi connectivity index (χ1n) is 9.57. The number of aliphatic imine (C=N–C) groups is 1. The molecule has 1 amide bonds. The first kappa shape index (κ1) is 26.9. The molecule has 0 fully saturated rings. The topological polar surface area (TPSA) is 103 Å². The third-order valence-corrected chi connectivity index (χ3v) is 5.62. The van der Waals surface area contributed by atoms with Gasteiger partial charge in [0.1, 0.15) is 0 Å². The van der Waals surface area contributed by atoms with Crippen molar-refractivity contribution in [2.24, 2.45) is 4.99 Å². The average Bonchev–Trinajstić information content (AvgIpc) is 2.75. The van der Waals surface area contributed by atoms with Gasteiger partial charge in [0.05, 0.1) is 5.75 Å². The number of rotatable bonds is 9. The molecule has 8 nitrogen and oxygen atoms in total. The lowest BCUT2D eigenvalue weighted by molar-refractivity contribution is 0.0827. The predicted octanol–water partition coefficient (Wildman–Crippen LogP) is 1.79. The highest BCUT2D eigenvalue weighted by Crippen LogP contribution is 2.06. The molecule has 170 valence electrons. The van der Waals surface area contributed by atoms with E-state index in [4.69, 9.17) is 0 Å². The molecular formula is C21H30IN5O3S. The molecule has 2 aromatic carbocycles. The molecule has 0 aliphatic carbocycles. The zero-order valence-electron chi connectivity index (χ0n) is 18.0. The molecular weight excluding hydrogens is 529 g/mol. The molecule has 0 aromatic heterocycles. The van der Waals surface area contributed by atoms with Crippen LogP contribution in [0.4, 0.5) is 0 Å². The summed E-state index contributed by atoms with van der Waals surface area (Å²) >= 11 is 0. The summed E-state index contributed by atoms with van der Waals surface area (Å²) in [6.07, 6.45) is 0. The molecule has 0 atom stereocenters. The van der Waals surface area contributed by atoms with Crippen LogP contribution in [0.25, 0.3) is 0 Å². The molecule has 0 unspecified atom stereocenters. The van der Waals surface area contributed by atoms with E-state index in [-0.39, 0.29) is 48.7 Å². The Balaban J connectivity index is 0.00000480. The van der Waals surface area contributed by atoms with Gasteiger partial charge in [-0.25, -0.2) is 13.1 Å². The molecule has 0 saturated heterocycles. The lowest BCUT2D eigenvalue weighted by atomic mass is 10.1. The molecule has 3 N–H and O–H groups in total. The summed E-state index contributed by atoms with van der Waals surface area (Å²) in [5.74, 6) is 0.387. The van der Waals surface area contributed by atoms with Crippen molar-refractivity contribution >= 4 is 45.9 Å². The number of halogens is 1. The quantitative estimate of drug-likeness (QED) is 0.247. The number of benzene rings is 2. The van der Waals surface area contributed by atoms with Gasteiger partial charge in [-0.2, -0.15) is 0 Å². The normalized spacial score (nSPS) is 11.4. The summed E-state index contributed by atoms with van der Waals surface area (Å²) in [5.41, 5.74) is 2.51. The van der Waals surface area contributed by atoms with Gasteiger partial charge in [0.2, 0.25) is 10.0 Å². The minimum Gasteiger partial charge on any atom is -0.355 e. The SMILES string of the molecule is CN=C(NCCS(=O)(=O)NCc1ccccc1)NCc1ccc(C(=O)N(C)C)cc1.I. The standard InChI is InChI=1S/C21H29N5O3S.HI/c1-22-21(24-15-18-9-11-19(12-10-18)20(27)26(2)3)23-13-14-30(28,29)25-16-17-7-5-4-6-8-17;/h4-12,25H,13-16H2,1-3H3,(H2,22,23,24);1H. The van der Waals surface area contributed by atoms with Gasteiger partial charge in [-0.05, 0) is 23.3 Å². The Bertz CT molecular complexity index is 949. The van der Waals surface area contributed by atoms with E-state index >= 15 is 0 Å². The maximum Gasteiger partial charge on any atom is 0.253 e. The van der Waals surface area contributed by atoms with E-state index < -0.39 is 10.0 Å². The van der Waals surface area contributed by atoms with Crippen molar-refractivity contribution in [3.05, 3.63) is 71.3 Å². The van der Waals surface area contributed by atoms with Gasteiger partial charge in [-0.15, -0.1) is 24.0 Å². The van der Waals surface area contributed by atoms with Crippen LogP contribution in [0.3, 0.4) is 0 Å². The Morgan fingerprint density at radius 2 is 1.55 bits per heavy atom. The number of hydrogen-bond acceptors (Lipinski definition) is 4. The highest BCUT2D eigenvalue weighted by molar-refractivity contribution is 14.0. The van der Waals surface area contributed by atoms with Gasteiger partial charge in [-0.1, -0.05) is 42.5 Å². The van der Waals surface area contributed by atoms with Gasteiger partial charge in [0.25, 0.3) is 5.91 Å². The third-order valence-electron chi connectivity index (χ3n) is 4.29. The van der Waals surface area contributed by atoms with Crippen molar-refractivity contribution in [2.45, 2.75) is 13.1 Å². The number of nitrogens with one attached hydrogen (secondary N) is 3. The van der Waals surface area contributed by atoms with Gasteiger partial charge in [0, 0.05) is 46.3 Å². The Hall–Kier alpha value is -2.18. The minimum atomic E-state index is -3.40. The van der Waals surface area contributed by atoms with E-state index in [1.807, 2.05) is 42.5 Å². The van der Waals surface area contributed by atoms with Gasteiger partial charge in [0.15, 0.2) is 5.96 Å². The Morgan fingerprint density at radius 3 is 2.13 bits per heavy atom. The van der Waals surface area contributed by atoms with Crippen LogP contribution in [0.15, 0.2) is 59.6 Å². The number of nitrogens with zero attached hydrogens (tertiary/aromatic N) is 2. The molecule has 0 aliphatic heterocycles. The summed E-state index contributed by atoms with van der Waals surface area (Å²) in [5, 5.41) is 6.13. The molecule has 2 rings (SSSR count). The van der Waals surface area contributed by atoms with Crippen LogP contribution in [-0.4, -0.2) is 58.6 Å². The zero-order chi connectivity index (χ0) is 22.0. The zero-order valence-corrected chi connectivity index (χ0v) is 21.1. The Labute approximate surface area is 201 Å². The Kier molecular flexibility index (Phi) is 11.5. The summed E-state index contributed by atoms with van der Waals surface area (Å²) in [6.45, 7) is 0.984. The molecule has 31 heavy (non-hydrogen) atoms. The van der Waals surface area contributed by atoms with Gasteiger partial charge < -0.3 is 15.5 Å². The van der Waals surface area contributed by atoms with E-state index in [1.54, 1.807) is 33.3 Å². The van der Waals surface area contributed by atoms with Gasteiger partial charge in [-0.3, -0.25) is 9.79 Å². The first-order chi connectivity index (χ1) is 14.3. The molecule has 0 heterocycles. The second kappa shape index (κ2) is 13.3. The minimum absolute atomic E-state index is 0. The average molecular weight is 559 g/mol. The van der Waals surface area contributed by atoms with Crippen molar-refractivity contribution < 1.29 is 13.2 Å². The molecule has 0 saturated carbocycles. The maximum absolute atomic E-state index is 12.1. The number of amides is 1. The summed E-state index contributed by atoms with van der Waals surface area (Å²) in [6, 6.07) is 16.7. The highest BCUT2D eigenvalue weighted by Gasteiger charge is 2.10. The van der Waals surface area contributed by atoms with Crippen LogP contribution < -0.4 is 15.4 Å². The van der Waals surface area contributed by atoms with E-state index in [1.165, 1.54) is 4.90 Å². The molecule has 0 spiro atoms. The number of hydrogen-bond donors (Lipinski definition) is 3. The number of carbonyl (C=O) groups excluding carboxylic acids is 1. The number of sulfonamides is 1. The number of carbonyl (C=O) groups is 1. The lowest BCUT2D eigenvalue weighted by Crippen LogP contribution is -2.40. The van der Waals surface area contributed by atoms with Crippen molar-refractivity contribution in [1.29, 1.82) is 0 Å². The third kappa shape index (κ3) is 9.66.